The fourth-order valence-electron chi connectivity index (χ4n) is 4.05. The van der Waals surface area contributed by atoms with Crippen molar-refractivity contribution in [3.8, 4) is 11.4 Å². The van der Waals surface area contributed by atoms with Gasteiger partial charge in [-0.05, 0) is 46.1 Å². The van der Waals surface area contributed by atoms with Crippen LogP contribution in [0.15, 0.2) is 27.5 Å². The summed E-state index contributed by atoms with van der Waals surface area (Å²) in [6.07, 6.45) is -1.02. The van der Waals surface area contributed by atoms with E-state index in [4.69, 9.17) is 9.84 Å². The molecule has 0 aliphatic carbocycles. The monoisotopic (exact) mass is 519 g/mol. The molecule has 1 aliphatic heterocycles. The van der Waals surface area contributed by atoms with Crippen LogP contribution in [0.2, 0.25) is 0 Å². The highest BCUT2D eigenvalue weighted by Gasteiger charge is 2.29. The number of rotatable bonds is 7. The van der Waals surface area contributed by atoms with Gasteiger partial charge in [-0.1, -0.05) is 0 Å². The van der Waals surface area contributed by atoms with E-state index in [2.05, 4.69) is 26.2 Å². The predicted octanol–water partition coefficient (Wildman–Crippen LogP) is 1.66. The van der Waals surface area contributed by atoms with Gasteiger partial charge in [-0.15, -0.1) is 0 Å². The lowest BCUT2D eigenvalue weighted by atomic mass is 9.99. The fourth-order valence-corrected chi connectivity index (χ4v) is 4.39. The molecule has 2 aromatic heterocycles. The topological polar surface area (TPSA) is 131 Å². The Morgan fingerprint density at radius 1 is 1.39 bits per heavy atom. The van der Waals surface area contributed by atoms with Crippen LogP contribution in [0, 0.1) is 5.82 Å². The average molecular weight is 520 g/mol. The van der Waals surface area contributed by atoms with Gasteiger partial charge in [0.05, 0.1) is 39.6 Å². The smallest absolute Gasteiger partial charge is 0.293 e. The molecule has 0 saturated carbocycles. The zero-order valence-electron chi connectivity index (χ0n) is 17.4. The summed E-state index contributed by atoms with van der Waals surface area (Å²) < 4.78 is 20.7. The van der Waals surface area contributed by atoms with Crippen LogP contribution in [0.1, 0.15) is 35.3 Å². The fraction of sp³-hybridized carbons (Fsp3) is 0.273. The van der Waals surface area contributed by atoms with Crippen LogP contribution in [0.3, 0.4) is 0 Å². The van der Waals surface area contributed by atoms with Gasteiger partial charge >= 0.3 is 0 Å². The molecule has 1 unspecified atom stereocenters. The van der Waals surface area contributed by atoms with E-state index in [1.165, 1.54) is 17.6 Å². The van der Waals surface area contributed by atoms with Gasteiger partial charge in [0, 0.05) is 23.6 Å². The number of nitrogens with one attached hydrogen (secondary N) is 1. The van der Waals surface area contributed by atoms with Gasteiger partial charge < -0.3 is 24.8 Å². The average Bonchev–Trinajstić information content (AvgIpc) is 3.15. The van der Waals surface area contributed by atoms with Gasteiger partial charge in [-0.25, -0.2) is 9.37 Å². The van der Waals surface area contributed by atoms with Crippen molar-refractivity contribution in [3.63, 3.8) is 0 Å². The van der Waals surface area contributed by atoms with E-state index in [9.17, 15) is 23.9 Å². The van der Waals surface area contributed by atoms with E-state index in [0.717, 1.165) is 0 Å². The number of carbonyl (C=O) groups excluding carboxylic acids is 2. The lowest BCUT2D eigenvalue weighted by Gasteiger charge is -2.14. The molecule has 1 atom stereocenters. The van der Waals surface area contributed by atoms with Crippen molar-refractivity contribution in [2.24, 2.45) is 0 Å². The standard InChI is InChI=1S/C22H19BrFN3O6/c1-10(30)11-3-19-21-14(6-27(19)22(32)15(11)8-33-9-29)13(5-25-20(31)7-28)12-2-16(23)17(24)4-18(12)26-21/h2-4,9-10,28,30H,5-8H2,1H3,(H,25,31). The lowest BCUT2D eigenvalue weighted by Crippen LogP contribution is -2.27. The molecule has 1 amide bonds. The number of aliphatic hydroxyl groups is 2. The third-order valence-corrected chi connectivity index (χ3v) is 6.20. The second-order valence-electron chi connectivity index (χ2n) is 7.57. The number of pyridine rings is 2. The highest BCUT2D eigenvalue weighted by Crippen LogP contribution is 2.38. The molecule has 0 saturated heterocycles. The van der Waals surface area contributed by atoms with Crippen LogP contribution >= 0.6 is 15.9 Å². The summed E-state index contributed by atoms with van der Waals surface area (Å²) in [5, 5.41) is 22.5. The van der Waals surface area contributed by atoms with E-state index in [-0.39, 0.29) is 36.2 Å². The molecule has 0 radical (unpaired) electrons. The molecule has 3 aromatic rings. The number of nitrogens with zero attached hydrogens (tertiary/aromatic N) is 2. The van der Waals surface area contributed by atoms with Gasteiger partial charge in [0.25, 0.3) is 12.0 Å². The summed E-state index contributed by atoms with van der Waals surface area (Å²) in [6, 6.07) is 4.40. The first-order valence-corrected chi connectivity index (χ1v) is 10.7. The van der Waals surface area contributed by atoms with Crippen molar-refractivity contribution in [2.75, 3.05) is 6.61 Å². The van der Waals surface area contributed by atoms with Gasteiger partial charge in [0.1, 0.15) is 19.0 Å². The van der Waals surface area contributed by atoms with Crippen molar-refractivity contribution in [2.45, 2.75) is 32.7 Å². The minimum Gasteiger partial charge on any atom is -0.463 e. The lowest BCUT2D eigenvalue weighted by molar-refractivity contribution is -0.130. The van der Waals surface area contributed by atoms with Gasteiger partial charge in [-0.3, -0.25) is 14.4 Å². The minimum absolute atomic E-state index is 0.0198. The Hall–Kier alpha value is -3.15. The molecule has 1 aliphatic rings. The molecule has 0 bridgehead atoms. The number of benzene rings is 1. The number of hydrogen-bond donors (Lipinski definition) is 3. The van der Waals surface area contributed by atoms with Crippen LogP contribution in [-0.2, 0) is 34.0 Å². The molecule has 0 spiro atoms. The van der Waals surface area contributed by atoms with Gasteiger partial charge in [-0.2, -0.15) is 0 Å². The highest BCUT2D eigenvalue weighted by molar-refractivity contribution is 9.10. The summed E-state index contributed by atoms with van der Waals surface area (Å²) in [5.41, 5.74) is 2.38. The molecule has 1 aromatic carbocycles. The van der Waals surface area contributed by atoms with E-state index < -0.39 is 30.0 Å². The number of fused-ring (bicyclic) bond motifs is 4. The molecule has 4 rings (SSSR count). The van der Waals surface area contributed by atoms with Crippen LogP contribution < -0.4 is 10.9 Å². The van der Waals surface area contributed by atoms with Crippen molar-refractivity contribution in [3.05, 3.63) is 61.1 Å². The molecular weight excluding hydrogens is 501 g/mol. The van der Waals surface area contributed by atoms with E-state index in [1.54, 1.807) is 12.1 Å². The SMILES string of the molecule is CC(O)c1cc2n(c(=O)c1COC=O)Cc1c-2nc2cc(F)c(Br)cc2c1CNC(=O)CO. The number of halogens is 2. The molecule has 3 heterocycles. The first-order valence-electron chi connectivity index (χ1n) is 9.95. The maximum atomic E-state index is 14.3. The maximum Gasteiger partial charge on any atom is 0.293 e. The van der Waals surface area contributed by atoms with E-state index >= 15 is 0 Å². The van der Waals surface area contributed by atoms with Crippen molar-refractivity contribution < 1.29 is 28.9 Å². The zero-order valence-corrected chi connectivity index (χ0v) is 19.0. The van der Waals surface area contributed by atoms with Gasteiger partial charge in [0.2, 0.25) is 5.91 Å². The number of amides is 1. The number of ether oxygens (including phenoxy) is 1. The Labute approximate surface area is 195 Å². The maximum absolute atomic E-state index is 14.3. The molecular formula is C22H19BrFN3O6. The third-order valence-electron chi connectivity index (χ3n) is 5.59. The summed E-state index contributed by atoms with van der Waals surface area (Å²) >= 11 is 3.17. The van der Waals surface area contributed by atoms with Crippen molar-refractivity contribution in [1.29, 1.82) is 0 Å². The summed E-state index contributed by atoms with van der Waals surface area (Å²) in [6.45, 7) is 0.850. The summed E-state index contributed by atoms with van der Waals surface area (Å²) in [7, 11) is 0. The Balaban J connectivity index is 1.97. The van der Waals surface area contributed by atoms with Crippen LogP contribution in [0.5, 0.6) is 0 Å². The second kappa shape index (κ2) is 9.00. The molecule has 172 valence electrons. The molecule has 3 N–H and O–H groups in total. The van der Waals surface area contributed by atoms with Crippen LogP contribution in [-0.4, -0.2) is 38.8 Å². The number of aliphatic hydroxyl groups excluding tert-OH is 2. The van der Waals surface area contributed by atoms with E-state index in [0.29, 0.717) is 39.0 Å². The molecule has 9 nitrogen and oxygen atoms in total. The van der Waals surface area contributed by atoms with Gasteiger partial charge in [0.15, 0.2) is 0 Å². The minimum atomic E-state index is -1.02. The number of hydrogen-bond acceptors (Lipinski definition) is 7. The number of carbonyl (C=O) groups is 2. The molecule has 0 fully saturated rings. The Morgan fingerprint density at radius 3 is 2.82 bits per heavy atom. The molecule has 11 heteroatoms. The Bertz CT molecular complexity index is 1350. The number of aromatic nitrogens is 2. The second-order valence-corrected chi connectivity index (χ2v) is 8.43. The first kappa shape index (κ1) is 23.0. The normalized spacial score (nSPS) is 12.9. The van der Waals surface area contributed by atoms with Crippen molar-refractivity contribution in [1.82, 2.24) is 14.9 Å². The first-order chi connectivity index (χ1) is 15.8. The quantitative estimate of drug-likeness (QED) is 0.316. The Morgan fingerprint density at radius 2 is 2.15 bits per heavy atom. The summed E-state index contributed by atoms with van der Waals surface area (Å²) in [5.74, 6) is -1.12. The largest absolute Gasteiger partial charge is 0.463 e. The Kier molecular flexibility index (Phi) is 6.28. The van der Waals surface area contributed by atoms with Crippen LogP contribution in [0.25, 0.3) is 22.3 Å². The predicted molar refractivity (Wildman–Crippen MR) is 119 cm³/mol. The van der Waals surface area contributed by atoms with Crippen LogP contribution in [0.4, 0.5) is 4.39 Å². The van der Waals surface area contributed by atoms with E-state index in [1.807, 2.05) is 0 Å². The molecule has 33 heavy (non-hydrogen) atoms. The van der Waals surface area contributed by atoms with Crippen molar-refractivity contribution >= 4 is 39.2 Å². The zero-order chi connectivity index (χ0) is 23.9. The highest BCUT2D eigenvalue weighted by atomic mass is 79.9. The third kappa shape index (κ3) is 4.03. The summed E-state index contributed by atoms with van der Waals surface area (Å²) in [4.78, 5) is 40.2.